The second-order valence-electron chi connectivity index (χ2n) is 5.29. The van der Waals surface area contributed by atoms with Gasteiger partial charge >= 0.3 is 0 Å². The minimum atomic E-state index is 0.516. The molecule has 0 fully saturated rings. The van der Waals surface area contributed by atoms with E-state index < -0.39 is 0 Å². The lowest BCUT2D eigenvalue weighted by Gasteiger charge is -2.12. The number of methoxy groups -OCH3 is 1. The molecule has 1 aromatic heterocycles. The predicted molar refractivity (Wildman–Crippen MR) is 97.0 cm³/mol. The summed E-state index contributed by atoms with van der Waals surface area (Å²) in [7, 11) is 3.68. The van der Waals surface area contributed by atoms with Crippen LogP contribution >= 0.6 is 11.8 Å². The maximum atomic E-state index is 5.07. The van der Waals surface area contributed by atoms with Crippen LogP contribution in [0, 0.1) is 6.92 Å². The molecule has 7 nitrogen and oxygen atoms in total. The van der Waals surface area contributed by atoms with Crippen LogP contribution in [-0.4, -0.2) is 59.5 Å². The third-order valence-electron chi connectivity index (χ3n) is 3.45. The number of aliphatic imine (C=N–C) groups is 1. The molecule has 0 saturated carbocycles. The Hall–Kier alpha value is -1.28. The van der Waals surface area contributed by atoms with Crippen LogP contribution in [0.15, 0.2) is 4.99 Å². The molecule has 0 aliphatic carbocycles. The SMILES string of the molecule is COCCCNC(=NCc1nnc(C)n1C)NCCCCSC. The van der Waals surface area contributed by atoms with Gasteiger partial charge in [0.1, 0.15) is 12.4 Å². The molecule has 1 rings (SSSR count). The molecule has 0 aromatic carbocycles. The smallest absolute Gasteiger partial charge is 0.191 e. The van der Waals surface area contributed by atoms with Crippen molar-refractivity contribution < 1.29 is 4.74 Å². The zero-order chi connectivity index (χ0) is 16.9. The minimum absolute atomic E-state index is 0.516. The predicted octanol–water partition coefficient (Wildman–Crippen LogP) is 1.34. The summed E-state index contributed by atoms with van der Waals surface area (Å²) >= 11 is 1.89. The highest BCUT2D eigenvalue weighted by atomic mass is 32.2. The number of unbranched alkanes of at least 4 members (excludes halogenated alkanes) is 1. The Balaban J connectivity index is 2.47. The Morgan fingerprint density at radius 1 is 1.22 bits per heavy atom. The highest BCUT2D eigenvalue weighted by molar-refractivity contribution is 7.98. The second-order valence-corrected chi connectivity index (χ2v) is 6.27. The standard InChI is InChI=1S/C15H30N6OS/c1-13-19-20-14(21(13)2)12-18-15(17-9-7-10-22-3)16-8-5-6-11-23-4/h5-12H2,1-4H3,(H2,16,17,18). The van der Waals surface area contributed by atoms with E-state index in [-0.39, 0.29) is 0 Å². The molecule has 0 amide bonds. The number of rotatable bonds is 11. The molecule has 0 bridgehead atoms. The minimum Gasteiger partial charge on any atom is -0.385 e. The lowest BCUT2D eigenvalue weighted by molar-refractivity contribution is 0.195. The number of ether oxygens (including phenoxy) is 1. The summed E-state index contributed by atoms with van der Waals surface area (Å²) in [5, 5.41) is 14.9. The van der Waals surface area contributed by atoms with E-state index in [9.17, 15) is 0 Å². The zero-order valence-corrected chi connectivity index (χ0v) is 15.6. The van der Waals surface area contributed by atoms with E-state index in [0.29, 0.717) is 6.54 Å². The van der Waals surface area contributed by atoms with Gasteiger partial charge in [-0.3, -0.25) is 0 Å². The van der Waals surface area contributed by atoms with Gasteiger partial charge in [0.15, 0.2) is 11.8 Å². The van der Waals surface area contributed by atoms with Crippen LogP contribution < -0.4 is 10.6 Å². The number of aryl methyl sites for hydroxylation is 1. The first kappa shape index (κ1) is 19.8. The van der Waals surface area contributed by atoms with E-state index in [1.54, 1.807) is 7.11 Å². The van der Waals surface area contributed by atoms with Crippen molar-refractivity contribution in [1.82, 2.24) is 25.4 Å². The van der Waals surface area contributed by atoms with Gasteiger partial charge in [0.05, 0.1) is 0 Å². The van der Waals surface area contributed by atoms with Crippen LogP contribution in [0.25, 0.3) is 0 Å². The molecule has 0 saturated heterocycles. The van der Waals surface area contributed by atoms with Crippen molar-refractivity contribution in [2.45, 2.75) is 32.7 Å². The summed E-state index contributed by atoms with van der Waals surface area (Å²) in [5.41, 5.74) is 0. The summed E-state index contributed by atoms with van der Waals surface area (Å²) in [6.07, 6.45) is 5.45. The quantitative estimate of drug-likeness (QED) is 0.359. The van der Waals surface area contributed by atoms with Crippen LogP contribution in [0.4, 0.5) is 0 Å². The molecule has 23 heavy (non-hydrogen) atoms. The van der Waals surface area contributed by atoms with Crippen LogP contribution in [0.1, 0.15) is 30.9 Å². The van der Waals surface area contributed by atoms with Crippen molar-refractivity contribution in [3.63, 3.8) is 0 Å². The first-order valence-corrected chi connectivity index (χ1v) is 9.43. The summed E-state index contributed by atoms with van der Waals surface area (Å²) in [5.74, 6) is 3.79. The van der Waals surface area contributed by atoms with E-state index in [1.165, 1.54) is 12.2 Å². The van der Waals surface area contributed by atoms with Gasteiger partial charge in [0.25, 0.3) is 0 Å². The van der Waals surface area contributed by atoms with E-state index >= 15 is 0 Å². The molecule has 1 heterocycles. The molecule has 0 spiro atoms. The maximum absolute atomic E-state index is 5.07. The summed E-state index contributed by atoms with van der Waals surface area (Å²) in [6, 6.07) is 0. The van der Waals surface area contributed by atoms with Crippen LogP contribution in [0.3, 0.4) is 0 Å². The van der Waals surface area contributed by atoms with Crippen molar-refractivity contribution in [2.24, 2.45) is 12.0 Å². The summed E-state index contributed by atoms with van der Waals surface area (Å²) in [6.45, 7) is 4.96. The first-order valence-electron chi connectivity index (χ1n) is 8.04. The lowest BCUT2D eigenvalue weighted by atomic mass is 10.3. The fraction of sp³-hybridized carbons (Fsp3) is 0.800. The van der Waals surface area contributed by atoms with Gasteiger partial charge in [0.2, 0.25) is 0 Å². The van der Waals surface area contributed by atoms with Gasteiger partial charge in [-0.1, -0.05) is 0 Å². The summed E-state index contributed by atoms with van der Waals surface area (Å²) < 4.78 is 7.04. The molecule has 0 aliphatic rings. The zero-order valence-electron chi connectivity index (χ0n) is 14.8. The fourth-order valence-corrected chi connectivity index (χ4v) is 2.41. The van der Waals surface area contributed by atoms with Crippen molar-refractivity contribution >= 4 is 17.7 Å². The Bertz CT molecular complexity index is 463. The topological polar surface area (TPSA) is 76.4 Å². The number of guanidine groups is 1. The fourth-order valence-electron chi connectivity index (χ4n) is 1.91. The number of hydrogen-bond donors (Lipinski definition) is 2. The molecule has 0 atom stereocenters. The number of hydrogen-bond acceptors (Lipinski definition) is 5. The lowest BCUT2D eigenvalue weighted by Crippen LogP contribution is -2.38. The third-order valence-corrected chi connectivity index (χ3v) is 4.14. The largest absolute Gasteiger partial charge is 0.385 e. The van der Waals surface area contributed by atoms with Crippen molar-refractivity contribution in [2.75, 3.05) is 38.8 Å². The molecule has 0 unspecified atom stereocenters. The second kappa shape index (κ2) is 12.2. The van der Waals surface area contributed by atoms with Crippen LogP contribution in [0.2, 0.25) is 0 Å². The maximum Gasteiger partial charge on any atom is 0.191 e. The Morgan fingerprint density at radius 2 is 1.96 bits per heavy atom. The van der Waals surface area contributed by atoms with E-state index in [1.807, 2.05) is 30.3 Å². The molecular formula is C15H30N6OS. The normalized spacial score (nSPS) is 11.7. The van der Waals surface area contributed by atoms with E-state index in [2.05, 4.69) is 32.1 Å². The van der Waals surface area contributed by atoms with Gasteiger partial charge in [-0.2, -0.15) is 11.8 Å². The number of thioether (sulfide) groups is 1. The Labute approximate surface area is 143 Å². The molecule has 0 aliphatic heterocycles. The monoisotopic (exact) mass is 342 g/mol. The number of aromatic nitrogens is 3. The first-order chi connectivity index (χ1) is 11.2. The Kier molecular flexibility index (Phi) is 10.5. The average molecular weight is 343 g/mol. The van der Waals surface area contributed by atoms with Crippen LogP contribution in [-0.2, 0) is 18.3 Å². The van der Waals surface area contributed by atoms with Crippen molar-refractivity contribution in [3.8, 4) is 0 Å². The molecule has 132 valence electrons. The highest BCUT2D eigenvalue weighted by Gasteiger charge is 2.05. The van der Waals surface area contributed by atoms with Gasteiger partial charge in [-0.15, -0.1) is 10.2 Å². The third kappa shape index (κ3) is 8.22. The Morgan fingerprint density at radius 3 is 2.57 bits per heavy atom. The van der Waals surface area contributed by atoms with E-state index in [4.69, 9.17) is 4.74 Å². The van der Waals surface area contributed by atoms with Crippen LogP contribution in [0.5, 0.6) is 0 Å². The summed E-state index contributed by atoms with van der Waals surface area (Å²) in [4.78, 5) is 4.61. The van der Waals surface area contributed by atoms with Gasteiger partial charge in [0, 0.05) is 33.9 Å². The molecule has 0 radical (unpaired) electrons. The van der Waals surface area contributed by atoms with Gasteiger partial charge in [-0.25, -0.2) is 4.99 Å². The number of nitrogens with one attached hydrogen (secondary N) is 2. The van der Waals surface area contributed by atoms with Gasteiger partial charge in [-0.05, 0) is 38.2 Å². The average Bonchev–Trinajstić information content (AvgIpc) is 2.87. The van der Waals surface area contributed by atoms with Crippen molar-refractivity contribution in [1.29, 1.82) is 0 Å². The molecule has 8 heteroatoms. The highest BCUT2D eigenvalue weighted by Crippen LogP contribution is 2.00. The molecule has 2 N–H and O–H groups in total. The molecular weight excluding hydrogens is 312 g/mol. The van der Waals surface area contributed by atoms with Crippen molar-refractivity contribution in [3.05, 3.63) is 11.6 Å². The van der Waals surface area contributed by atoms with E-state index in [0.717, 1.165) is 50.1 Å². The molecule has 1 aromatic rings. The van der Waals surface area contributed by atoms with Gasteiger partial charge < -0.3 is 19.9 Å². The number of nitrogens with zero attached hydrogens (tertiary/aromatic N) is 4.